The molecule has 20 heavy (non-hydrogen) atoms. The molecule has 0 radical (unpaired) electrons. The number of nitrogens with one attached hydrogen (secondary N) is 1. The van der Waals surface area contributed by atoms with Crippen LogP contribution in [0.5, 0.6) is 0 Å². The Labute approximate surface area is 125 Å². The van der Waals surface area contributed by atoms with E-state index in [1.54, 1.807) is 11.3 Å². The molecule has 0 spiro atoms. The number of hydrogen-bond acceptors (Lipinski definition) is 4. The van der Waals surface area contributed by atoms with Gasteiger partial charge in [-0.1, -0.05) is 32.9 Å². The first-order valence-electron chi connectivity index (χ1n) is 6.95. The third kappa shape index (κ3) is 3.81. The molecular weight excluding hydrogens is 266 g/mol. The third-order valence-electron chi connectivity index (χ3n) is 3.58. The summed E-state index contributed by atoms with van der Waals surface area (Å²) >= 11 is 1.72. The lowest BCUT2D eigenvalue weighted by Gasteiger charge is -2.26. The molecule has 0 aliphatic heterocycles. The van der Waals surface area contributed by atoms with E-state index >= 15 is 0 Å². The zero-order valence-corrected chi connectivity index (χ0v) is 13.2. The topological polar surface area (TPSA) is 50.9 Å². The van der Waals surface area contributed by atoms with Crippen LogP contribution in [0.3, 0.4) is 0 Å². The van der Waals surface area contributed by atoms with Crippen LogP contribution < -0.4 is 11.1 Å². The van der Waals surface area contributed by atoms with Gasteiger partial charge >= 0.3 is 0 Å². The second-order valence-corrected chi connectivity index (χ2v) is 6.83. The summed E-state index contributed by atoms with van der Waals surface area (Å²) in [6.07, 6.45) is 1.87. The van der Waals surface area contributed by atoms with E-state index in [1.165, 1.54) is 10.6 Å². The van der Waals surface area contributed by atoms with Crippen LogP contribution in [0.2, 0.25) is 0 Å². The van der Waals surface area contributed by atoms with Crippen LogP contribution in [0.25, 0.3) is 0 Å². The average molecular weight is 289 g/mol. The van der Waals surface area contributed by atoms with Gasteiger partial charge in [0.1, 0.15) is 0 Å². The Morgan fingerprint density at radius 1 is 1.30 bits per heavy atom. The van der Waals surface area contributed by atoms with Crippen LogP contribution in [0.15, 0.2) is 35.8 Å². The molecule has 0 fully saturated rings. The van der Waals surface area contributed by atoms with Gasteiger partial charge in [-0.15, -0.1) is 11.3 Å². The van der Waals surface area contributed by atoms with E-state index in [0.717, 1.165) is 18.8 Å². The van der Waals surface area contributed by atoms with E-state index in [1.807, 2.05) is 23.7 Å². The fraction of sp³-hybridized carbons (Fsp3) is 0.438. The average Bonchev–Trinajstić information content (AvgIpc) is 2.93. The van der Waals surface area contributed by atoms with Crippen molar-refractivity contribution in [3.8, 4) is 0 Å². The summed E-state index contributed by atoms with van der Waals surface area (Å²) in [4.78, 5) is 4.36. The summed E-state index contributed by atoms with van der Waals surface area (Å²) < 4.78 is 0. The van der Waals surface area contributed by atoms with Crippen LogP contribution in [0, 0.1) is 0 Å². The Balaban J connectivity index is 1.87. The molecule has 4 heteroatoms. The summed E-state index contributed by atoms with van der Waals surface area (Å²) in [5, 5.41) is 6.79. The SMILES string of the molecule is CC(CNCC(C)(C)c1ccc(N)cc1)c1nccs1. The lowest BCUT2D eigenvalue weighted by molar-refractivity contribution is 0.459. The Kier molecular flexibility index (Phi) is 4.78. The van der Waals surface area contributed by atoms with Gasteiger partial charge < -0.3 is 11.1 Å². The van der Waals surface area contributed by atoms with Gasteiger partial charge in [-0.25, -0.2) is 4.98 Å². The summed E-state index contributed by atoms with van der Waals surface area (Å²) in [5.41, 5.74) is 7.96. The molecule has 0 amide bonds. The smallest absolute Gasteiger partial charge is 0.0965 e. The Hall–Kier alpha value is -1.39. The maximum atomic E-state index is 5.74. The number of thiazole rings is 1. The molecule has 2 rings (SSSR count). The largest absolute Gasteiger partial charge is 0.399 e. The molecule has 1 aromatic carbocycles. The third-order valence-corrected chi connectivity index (χ3v) is 4.59. The Morgan fingerprint density at radius 2 is 2.00 bits per heavy atom. The number of nitrogens with two attached hydrogens (primary N) is 1. The maximum Gasteiger partial charge on any atom is 0.0965 e. The molecule has 1 unspecified atom stereocenters. The first kappa shape index (κ1) is 15.0. The quantitative estimate of drug-likeness (QED) is 0.801. The zero-order chi connectivity index (χ0) is 14.6. The summed E-state index contributed by atoms with van der Waals surface area (Å²) in [5.74, 6) is 0.456. The van der Waals surface area contributed by atoms with Crippen LogP contribution in [-0.4, -0.2) is 18.1 Å². The first-order valence-corrected chi connectivity index (χ1v) is 7.83. The minimum Gasteiger partial charge on any atom is -0.399 e. The molecule has 0 bridgehead atoms. The van der Waals surface area contributed by atoms with E-state index in [-0.39, 0.29) is 5.41 Å². The molecule has 3 nitrogen and oxygen atoms in total. The fourth-order valence-corrected chi connectivity index (χ4v) is 2.90. The molecule has 1 heterocycles. The number of anilines is 1. The molecule has 2 aromatic rings. The number of nitrogen functional groups attached to an aromatic ring is 1. The van der Waals surface area contributed by atoms with Gasteiger partial charge in [0.05, 0.1) is 5.01 Å². The molecule has 0 aliphatic carbocycles. The van der Waals surface area contributed by atoms with Crippen molar-refractivity contribution < 1.29 is 0 Å². The first-order chi connectivity index (χ1) is 9.49. The number of aromatic nitrogens is 1. The molecule has 0 aliphatic rings. The van der Waals surface area contributed by atoms with Gasteiger partial charge in [0, 0.05) is 41.7 Å². The molecule has 0 saturated carbocycles. The van der Waals surface area contributed by atoms with E-state index in [0.29, 0.717) is 5.92 Å². The molecule has 108 valence electrons. The van der Waals surface area contributed by atoms with Crippen molar-refractivity contribution in [1.82, 2.24) is 10.3 Å². The van der Waals surface area contributed by atoms with E-state index in [9.17, 15) is 0 Å². The van der Waals surface area contributed by atoms with Crippen molar-refractivity contribution in [3.05, 3.63) is 46.4 Å². The van der Waals surface area contributed by atoms with Crippen LogP contribution in [0.4, 0.5) is 5.69 Å². The molecule has 1 atom stereocenters. The fourth-order valence-electron chi connectivity index (χ4n) is 2.20. The van der Waals surface area contributed by atoms with Gasteiger partial charge in [-0.05, 0) is 17.7 Å². The lowest BCUT2D eigenvalue weighted by Crippen LogP contribution is -2.34. The maximum absolute atomic E-state index is 5.74. The monoisotopic (exact) mass is 289 g/mol. The molecular formula is C16H23N3S. The van der Waals surface area contributed by atoms with E-state index < -0.39 is 0 Å². The van der Waals surface area contributed by atoms with Crippen LogP contribution in [-0.2, 0) is 5.41 Å². The predicted molar refractivity (Wildman–Crippen MR) is 87.3 cm³/mol. The number of nitrogens with zero attached hydrogens (tertiary/aromatic N) is 1. The van der Waals surface area contributed by atoms with Crippen LogP contribution in [0.1, 0.15) is 37.3 Å². The van der Waals surface area contributed by atoms with Gasteiger partial charge in [0.15, 0.2) is 0 Å². The van der Waals surface area contributed by atoms with Crippen molar-refractivity contribution in [3.63, 3.8) is 0 Å². The van der Waals surface area contributed by atoms with Crippen molar-refractivity contribution in [2.45, 2.75) is 32.1 Å². The van der Waals surface area contributed by atoms with Crippen molar-refractivity contribution >= 4 is 17.0 Å². The minimum atomic E-state index is 0.0935. The van der Waals surface area contributed by atoms with Crippen molar-refractivity contribution in [2.75, 3.05) is 18.8 Å². The van der Waals surface area contributed by atoms with Gasteiger partial charge in [-0.3, -0.25) is 0 Å². The summed E-state index contributed by atoms with van der Waals surface area (Å²) in [6.45, 7) is 8.60. The Bertz CT molecular complexity index is 517. The molecule has 3 N–H and O–H groups in total. The van der Waals surface area contributed by atoms with Gasteiger partial charge in [-0.2, -0.15) is 0 Å². The minimum absolute atomic E-state index is 0.0935. The van der Waals surface area contributed by atoms with Gasteiger partial charge in [0.2, 0.25) is 0 Å². The summed E-state index contributed by atoms with van der Waals surface area (Å²) in [7, 11) is 0. The highest BCUT2D eigenvalue weighted by molar-refractivity contribution is 7.09. The second-order valence-electron chi connectivity index (χ2n) is 5.91. The normalized spacial score (nSPS) is 13.3. The lowest BCUT2D eigenvalue weighted by atomic mass is 9.84. The summed E-state index contributed by atoms with van der Waals surface area (Å²) in [6, 6.07) is 8.16. The highest BCUT2D eigenvalue weighted by Crippen LogP contribution is 2.23. The standard InChI is InChI=1S/C16H23N3S/c1-12(15-19-8-9-20-15)10-18-11-16(2,3)13-4-6-14(17)7-5-13/h4-9,12,18H,10-11,17H2,1-3H3. The highest BCUT2D eigenvalue weighted by Gasteiger charge is 2.20. The van der Waals surface area contributed by atoms with Gasteiger partial charge in [0.25, 0.3) is 0 Å². The number of rotatable bonds is 6. The Morgan fingerprint density at radius 3 is 2.60 bits per heavy atom. The van der Waals surface area contributed by atoms with E-state index in [2.05, 4.69) is 43.2 Å². The number of benzene rings is 1. The zero-order valence-electron chi connectivity index (χ0n) is 12.4. The second kappa shape index (κ2) is 6.37. The van der Waals surface area contributed by atoms with Crippen LogP contribution >= 0.6 is 11.3 Å². The van der Waals surface area contributed by atoms with Crippen molar-refractivity contribution in [2.24, 2.45) is 0 Å². The van der Waals surface area contributed by atoms with Crippen molar-refractivity contribution in [1.29, 1.82) is 0 Å². The predicted octanol–water partition coefficient (Wildman–Crippen LogP) is 3.40. The molecule has 1 aromatic heterocycles. The number of hydrogen-bond donors (Lipinski definition) is 2. The highest BCUT2D eigenvalue weighted by atomic mass is 32.1. The molecule has 0 saturated heterocycles. The van der Waals surface area contributed by atoms with E-state index in [4.69, 9.17) is 5.73 Å².